The van der Waals surface area contributed by atoms with Crippen molar-refractivity contribution in [3.63, 3.8) is 0 Å². The highest BCUT2D eigenvalue weighted by Gasteiger charge is 2.34. The van der Waals surface area contributed by atoms with Crippen LogP contribution in [0.1, 0.15) is 58.8 Å². The summed E-state index contributed by atoms with van der Waals surface area (Å²) < 4.78 is 4.86. The zero-order valence-electron chi connectivity index (χ0n) is 12.4. The van der Waals surface area contributed by atoms with Gasteiger partial charge in [-0.2, -0.15) is 0 Å². The molecule has 1 rings (SSSR count). The predicted molar refractivity (Wildman–Crippen MR) is 75.8 cm³/mol. The molecule has 0 aliphatic heterocycles. The monoisotopic (exact) mass is 266 g/mol. The van der Waals surface area contributed by atoms with Crippen molar-refractivity contribution in [2.45, 2.75) is 58.8 Å². The minimum absolute atomic E-state index is 0.0545. The molecule has 108 valence electrons. The van der Waals surface area contributed by atoms with Gasteiger partial charge in [-0.3, -0.25) is 9.59 Å². The standard InChI is InChI=1S/C16H26O3/c1-4-5-8-13-11-10-12(2)7-6-9-14(17)15(13)16(18)19-3/h7,13,15H,4-6,8-11H2,1-3H3/b12-7-/t13-,15+/m0/s1. The fraction of sp³-hybridized carbons (Fsp3) is 0.750. The molecule has 0 heterocycles. The van der Waals surface area contributed by atoms with Crippen molar-refractivity contribution in [2.24, 2.45) is 11.8 Å². The number of esters is 1. The molecule has 0 bridgehead atoms. The zero-order chi connectivity index (χ0) is 14.3. The van der Waals surface area contributed by atoms with Crippen molar-refractivity contribution in [2.75, 3.05) is 7.11 Å². The zero-order valence-corrected chi connectivity index (χ0v) is 12.4. The number of ether oxygens (including phenoxy) is 1. The smallest absolute Gasteiger partial charge is 0.316 e. The van der Waals surface area contributed by atoms with Crippen molar-refractivity contribution >= 4 is 11.8 Å². The number of rotatable bonds is 4. The maximum atomic E-state index is 12.3. The van der Waals surface area contributed by atoms with Gasteiger partial charge in [-0.15, -0.1) is 0 Å². The van der Waals surface area contributed by atoms with E-state index in [2.05, 4.69) is 19.9 Å². The van der Waals surface area contributed by atoms with E-state index in [0.29, 0.717) is 6.42 Å². The summed E-state index contributed by atoms with van der Waals surface area (Å²) in [5.74, 6) is -0.693. The molecule has 0 unspecified atom stereocenters. The highest BCUT2D eigenvalue weighted by atomic mass is 16.5. The van der Waals surface area contributed by atoms with Gasteiger partial charge in [-0.1, -0.05) is 31.4 Å². The lowest BCUT2D eigenvalue weighted by molar-refractivity contribution is -0.152. The fourth-order valence-electron chi connectivity index (χ4n) is 2.79. The quantitative estimate of drug-likeness (QED) is 0.443. The molecule has 0 amide bonds. The lowest BCUT2D eigenvalue weighted by atomic mass is 9.81. The summed E-state index contributed by atoms with van der Waals surface area (Å²) in [4.78, 5) is 24.2. The molecule has 2 atom stereocenters. The summed E-state index contributed by atoms with van der Waals surface area (Å²) in [7, 11) is 1.38. The highest BCUT2D eigenvalue weighted by Crippen LogP contribution is 2.30. The Bertz CT molecular complexity index is 344. The van der Waals surface area contributed by atoms with Gasteiger partial charge in [0.15, 0.2) is 0 Å². The molecule has 0 saturated heterocycles. The van der Waals surface area contributed by atoms with E-state index in [1.165, 1.54) is 12.7 Å². The Kier molecular flexibility index (Phi) is 6.82. The Morgan fingerprint density at radius 1 is 1.42 bits per heavy atom. The summed E-state index contributed by atoms with van der Waals surface area (Å²) in [6.45, 7) is 4.25. The molecule has 3 nitrogen and oxygen atoms in total. The Morgan fingerprint density at radius 2 is 2.16 bits per heavy atom. The molecule has 0 aromatic heterocycles. The third-order valence-corrected chi connectivity index (χ3v) is 3.99. The largest absolute Gasteiger partial charge is 0.468 e. The van der Waals surface area contributed by atoms with Crippen LogP contribution in [0.15, 0.2) is 11.6 Å². The summed E-state index contributed by atoms with van der Waals surface area (Å²) in [5, 5.41) is 0. The second-order valence-electron chi connectivity index (χ2n) is 5.50. The van der Waals surface area contributed by atoms with Crippen LogP contribution in [0.4, 0.5) is 0 Å². The van der Waals surface area contributed by atoms with E-state index in [1.54, 1.807) is 0 Å². The third-order valence-electron chi connectivity index (χ3n) is 3.99. The Labute approximate surface area is 116 Å². The van der Waals surface area contributed by atoms with Gasteiger partial charge in [0.2, 0.25) is 0 Å². The fourth-order valence-corrected chi connectivity index (χ4v) is 2.79. The molecular formula is C16H26O3. The van der Waals surface area contributed by atoms with Gasteiger partial charge in [0, 0.05) is 6.42 Å². The molecular weight excluding hydrogens is 240 g/mol. The molecule has 1 aliphatic rings. The number of carbonyl (C=O) groups is 2. The van der Waals surface area contributed by atoms with Crippen LogP contribution in [-0.4, -0.2) is 18.9 Å². The van der Waals surface area contributed by atoms with Crippen LogP contribution in [0, 0.1) is 11.8 Å². The minimum atomic E-state index is -0.546. The SMILES string of the molecule is CCCC[C@H]1CC/C(C)=C\CCC(=O)[C@@H]1C(=O)OC. The van der Waals surface area contributed by atoms with Crippen LogP contribution < -0.4 is 0 Å². The van der Waals surface area contributed by atoms with E-state index in [1.807, 2.05) is 0 Å². The second kappa shape index (κ2) is 8.13. The maximum Gasteiger partial charge on any atom is 0.316 e. The van der Waals surface area contributed by atoms with E-state index in [-0.39, 0.29) is 17.7 Å². The number of hydrogen-bond acceptors (Lipinski definition) is 3. The van der Waals surface area contributed by atoms with Gasteiger partial charge >= 0.3 is 5.97 Å². The van der Waals surface area contributed by atoms with Crippen LogP contribution in [0.5, 0.6) is 0 Å². The van der Waals surface area contributed by atoms with Gasteiger partial charge in [0.05, 0.1) is 7.11 Å². The van der Waals surface area contributed by atoms with Crippen LogP contribution >= 0.6 is 0 Å². The van der Waals surface area contributed by atoms with E-state index in [4.69, 9.17) is 4.74 Å². The molecule has 0 aromatic carbocycles. The van der Waals surface area contributed by atoms with Crippen molar-refractivity contribution in [3.8, 4) is 0 Å². The average molecular weight is 266 g/mol. The molecule has 0 aromatic rings. The van der Waals surface area contributed by atoms with E-state index >= 15 is 0 Å². The topological polar surface area (TPSA) is 43.4 Å². The first-order chi connectivity index (χ1) is 9.10. The van der Waals surface area contributed by atoms with Crippen LogP contribution in [-0.2, 0) is 14.3 Å². The van der Waals surface area contributed by atoms with Crippen molar-refractivity contribution in [3.05, 3.63) is 11.6 Å². The number of Topliss-reactive ketones (excluding diaryl/α,β-unsaturated/α-hetero) is 1. The van der Waals surface area contributed by atoms with Gasteiger partial charge in [-0.05, 0) is 38.5 Å². The number of carbonyl (C=O) groups excluding carboxylic acids is 2. The van der Waals surface area contributed by atoms with Gasteiger partial charge in [-0.25, -0.2) is 0 Å². The van der Waals surface area contributed by atoms with Crippen LogP contribution in [0.25, 0.3) is 0 Å². The van der Waals surface area contributed by atoms with Gasteiger partial charge in [0.25, 0.3) is 0 Å². The number of ketones is 1. The van der Waals surface area contributed by atoms with Crippen molar-refractivity contribution in [1.82, 2.24) is 0 Å². The van der Waals surface area contributed by atoms with Gasteiger partial charge in [0.1, 0.15) is 11.7 Å². The predicted octanol–water partition coefficient (Wildman–Crippen LogP) is 3.67. The molecule has 0 fully saturated rings. The number of methoxy groups -OCH3 is 1. The summed E-state index contributed by atoms with van der Waals surface area (Å²) in [5.41, 5.74) is 1.33. The number of hydrogen-bond donors (Lipinski definition) is 0. The van der Waals surface area contributed by atoms with E-state index < -0.39 is 5.92 Å². The Hall–Kier alpha value is -1.12. The molecule has 0 N–H and O–H groups in total. The highest BCUT2D eigenvalue weighted by molar-refractivity contribution is 5.99. The first kappa shape index (κ1) is 15.9. The van der Waals surface area contributed by atoms with Crippen LogP contribution in [0.3, 0.4) is 0 Å². The summed E-state index contributed by atoms with van der Waals surface area (Å²) in [6.07, 6.45) is 8.33. The van der Waals surface area contributed by atoms with Gasteiger partial charge < -0.3 is 4.74 Å². The molecule has 0 radical (unpaired) electrons. The van der Waals surface area contributed by atoms with E-state index in [9.17, 15) is 9.59 Å². The number of allylic oxidation sites excluding steroid dienone is 2. The average Bonchev–Trinajstić information content (AvgIpc) is 2.46. The lowest BCUT2D eigenvalue weighted by Crippen LogP contribution is -2.32. The minimum Gasteiger partial charge on any atom is -0.468 e. The lowest BCUT2D eigenvalue weighted by Gasteiger charge is -2.23. The normalized spacial score (nSPS) is 27.7. The Morgan fingerprint density at radius 3 is 2.79 bits per heavy atom. The summed E-state index contributed by atoms with van der Waals surface area (Å²) in [6, 6.07) is 0. The van der Waals surface area contributed by atoms with E-state index in [0.717, 1.165) is 38.5 Å². The number of unbranched alkanes of at least 4 members (excludes halogenated alkanes) is 1. The maximum absolute atomic E-state index is 12.3. The van der Waals surface area contributed by atoms with Crippen molar-refractivity contribution in [1.29, 1.82) is 0 Å². The summed E-state index contributed by atoms with van der Waals surface area (Å²) >= 11 is 0. The first-order valence-corrected chi connectivity index (χ1v) is 7.36. The van der Waals surface area contributed by atoms with Crippen molar-refractivity contribution < 1.29 is 14.3 Å². The first-order valence-electron chi connectivity index (χ1n) is 7.36. The van der Waals surface area contributed by atoms with Crippen LogP contribution in [0.2, 0.25) is 0 Å². The molecule has 0 saturated carbocycles. The molecule has 1 aliphatic carbocycles. The second-order valence-corrected chi connectivity index (χ2v) is 5.50. The Balaban J connectivity index is 2.89. The molecule has 3 heteroatoms. The molecule has 0 spiro atoms. The third kappa shape index (κ3) is 4.81. The molecule has 19 heavy (non-hydrogen) atoms.